The smallest absolute Gasteiger partial charge is 0.165 e. The Balaban J connectivity index is 2.06. The fraction of sp³-hybridized carbons (Fsp3) is 0.600. The van der Waals surface area contributed by atoms with E-state index in [1.807, 2.05) is 6.92 Å². The van der Waals surface area contributed by atoms with Gasteiger partial charge in [0.2, 0.25) is 0 Å². The molecule has 0 radical (unpaired) electrons. The summed E-state index contributed by atoms with van der Waals surface area (Å²) in [5, 5.41) is 13.0. The average molecular weight is 285 g/mol. The largest absolute Gasteiger partial charge is 0.488 e. The minimum Gasteiger partial charge on any atom is -0.488 e. The van der Waals surface area contributed by atoms with Crippen molar-refractivity contribution < 1.29 is 18.6 Å². The third-order valence-electron chi connectivity index (χ3n) is 3.75. The average Bonchev–Trinajstić information content (AvgIpc) is 3.28. The highest BCUT2D eigenvalue weighted by molar-refractivity contribution is 5.25. The van der Waals surface area contributed by atoms with Gasteiger partial charge in [0.25, 0.3) is 0 Å². The van der Waals surface area contributed by atoms with Gasteiger partial charge in [-0.25, -0.2) is 8.78 Å². The topological polar surface area (TPSA) is 41.5 Å². The first-order chi connectivity index (χ1) is 9.61. The third-order valence-corrected chi connectivity index (χ3v) is 3.75. The molecule has 1 atom stereocenters. The quantitative estimate of drug-likeness (QED) is 0.771. The predicted octanol–water partition coefficient (Wildman–Crippen LogP) is 2.48. The van der Waals surface area contributed by atoms with Crippen LogP contribution in [0, 0.1) is 17.6 Å². The summed E-state index contributed by atoms with van der Waals surface area (Å²) in [5.74, 6) is -0.911. The minimum absolute atomic E-state index is 0.0748. The van der Waals surface area contributed by atoms with Gasteiger partial charge in [0.1, 0.15) is 12.4 Å². The molecule has 5 heteroatoms. The van der Waals surface area contributed by atoms with Gasteiger partial charge in [-0.2, -0.15) is 0 Å². The van der Waals surface area contributed by atoms with Crippen molar-refractivity contribution in [3.8, 4) is 5.75 Å². The number of benzene rings is 1. The van der Waals surface area contributed by atoms with Crippen LogP contribution in [0.5, 0.6) is 5.75 Å². The SMILES string of the molecule is CCCNC(CO)(COc1cc(F)ccc1F)C1CC1. The van der Waals surface area contributed by atoms with Gasteiger partial charge in [0.15, 0.2) is 11.6 Å². The summed E-state index contributed by atoms with van der Waals surface area (Å²) in [6.07, 6.45) is 2.97. The number of hydrogen-bond donors (Lipinski definition) is 2. The van der Waals surface area contributed by atoms with E-state index in [-0.39, 0.29) is 19.0 Å². The molecule has 0 heterocycles. The molecule has 112 valence electrons. The third kappa shape index (κ3) is 3.46. The van der Waals surface area contributed by atoms with Gasteiger partial charge in [-0.3, -0.25) is 0 Å². The molecule has 2 N–H and O–H groups in total. The van der Waals surface area contributed by atoms with E-state index in [0.717, 1.165) is 44.0 Å². The van der Waals surface area contributed by atoms with E-state index < -0.39 is 17.2 Å². The minimum atomic E-state index is -0.593. The molecule has 0 aliphatic heterocycles. The van der Waals surface area contributed by atoms with Crippen LogP contribution in [0.1, 0.15) is 26.2 Å². The maximum atomic E-state index is 13.5. The molecule has 0 saturated heterocycles. The molecule has 0 spiro atoms. The molecule has 0 amide bonds. The van der Waals surface area contributed by atoms with E-state index in [9.17, 15) is 13.9 Å². The zero-order chi connectivity index (χ0) is 14.6. The van der Waals surface area contributed by atoms with E-state index >= 15 is 0 Å². The number of hydrogen-bond acceptors (Lipinski definition) is 3. The van der Waals surface area contributed by atoms with Crippen molar-refractivity contribution in [1.29, 1.82) is 0 Å². The van der Waals surface area contributed by atoms with Crippen LogP contribution in [0.25, 0.3) is 0 Å². The van der Waals surface area contributed by atoms with Crippen LogP contribution in [-0.4, -0.2) is 30.4 Å². The van der Waals surface area contributed by atoms with Gasteiger partial charge in [-0.05, 0) is 43.9 Å². The van der Waals surface area contributed by atoms with Gasteiger partial charge >= 0.3 is 0 Å². The molecule has 0 aromatic heterocycles. The van der Waals surface area contributed by atoms with Crippen LogP contribution in [0.3, 0.4) is 0 Å². The summed E-state index contributed by atoms with van der Waals surface area (Å²) in [7, 11) is 0. The lowest BCUT2D eigenvalue weighted by Gasteiger charge is -2.33. The summed E-state index contributed by atoms with van der Waals surface area (Å²) in [4.78, 5) is 0. The van der Waals surface area contributed by atoms with Gasteiger partial charge in [0.05, 0.1) is 12.1 Å². The molecular weight excluding hydrogens is 264 g/mol. The van der Waals surface area contributed by atoms with Crippen molar-refractivity contribution in [1.82, 2.24) is 5.32 Å². The molecule has 1 aliphatic rings. The molecule has 1 aromatic rings. The van der Waals surface area contributed by atoms with Crippen LogP contribution < -0.4 is 10.1 Å². The van der Waals surface area contributed by atoms with Crippen LogP contribution >= 0.6 is 0 Å². The maximum Gasteiger partial charge on any atom is 0.165 e. The Labute approximate surface area is 117 Å². The van der Waals surface area contributed by atoms with E-state index in [2.05, 4.69) is 5.32 Å². The molecule has 2 rings (SSSR count). The van der Waals surface area contributed by atoms with Crippen LogP contribution in [0.2, 0.25) is 0 Å². The number of ether oxygens (including phenoxy) is 1. The fourth-order valence-corrected chi connectivity index (χ4v) is 2.35. The highest BCUT2D eigenvalue weighted by Gasteiger charge is 2.45. The van der Waals surface area contributed by atoms with Crippen LogP contribution in [-0.2, 0) is 0 Å². The van der Waals surface area contributed by atoms with Crippen molar-refractivity contribution in [3.05, 3.63) is 29.8 Å². The van der Waals surface area contributed by atoms with Crippen molar-refractivity contribution in [2.75, 3.05) is 19.8 Å². The second-order valence-corrected chi connectivity index (χ2v) is 5.38. The molecule has 1 unspecified atom stereocenters. The lowest BCUT2D eigenvalue weighted by Crippen LogP contribution is -2.55. The van der Waals surface area contributed by atoms with Gasteiger partial charge < -0.3 is 15.2 Å². The Bertz CT molecular complexity index is 451. The standard InChI is InChI=1S/C15H21F2NO2/c1-2-7-18-15(9-19,11-3-4-11)10-20-14-8-12(16)5-6-13(14)17/h5-6,8,11,18-19H,2-4,7,9-10H2,1H3. The van der Waals surface area contributed by atoms with E-state index in [1.54, 1.807) is 0 Å². The molecular formula is C15H21F2NO2. The Morgan fingerprint density at radius 1 is 1.40 bits per heavy atom. The highest BCUT2D eigenvalue weighted by Crippen LogP contribution is 2.40. The summed E-state index contributed by atoms with van der Waals surface area (Å²) in [5.41, 5.74) is -0.561. The summed E-state index contributed by atoms with van der Waals surface area (Å²) >= 11 is 0. The van der Waals surface area contributed by atoms with Crippen LogP contribution in [0.4, 0.5) is 8.78 Å². The highest BCUT2D eigenvalue weighted by atomic mass is 19.1. The van der Waals surface area contributed by atoms with E-state index in [4.69, 9.17) is 4.74 Å². The summed E-state index contributed by atoms with van der Waals surface area (Å²) in [6.45, 7) is 2.85. The second kappa shape index (κ2) is 6.50. The van der Waals surface area contributed by atoms with Gasteiger partial charge in [0, 0.05) is 6.07 Å². The first-order valence-corrected chi connectivity index (χ1v) is 7.05. The Morgan fingerprint density at radius 3 is 2.75 bits per heavy atom. The molecule has 3 nitrogen and oxygen atoms in total. The van der Waals surface area contributed by atoms with Crippen molar-refractivity contribution in [2.45, 2.75) is 31.7 Å². The normalized spacial score (nSPS) is 17.8. The van der Waals surface area contributed by atoms with Gasteiger partial charge in [-0.1, -0.05) is 6.92 Å². The fourth-order valence-electron chi connectivity index (χ4n) is 2.35. The first kappa shape index (κ1) is 15.2. The Hall–Kier alpha value is -1.20. The molecule has 0 bridgehead atoms. The van der Waals surface area contributed by atoms with Crippen molar-refractivity contribution >= 4 is 0 Å². The molecule has 1 saturated carbocycles. The van der Waals surface area contributed by atoms with Crippen molar-refractivity contribution in [3.63, 3.8) is 0 Å². The zero-order valence-corrected chi connectivity index (χ0v) is 11.7. The number of aliphatic hydroxyl groups is 1. The maximum absolute atomic E-state index is 13.5. The molecule has 1 aromatic carbocycles. The monoisotopic (exact) mass is 285 g/mol. The first-order valence-electron chi connectivity index (χ1n) is 7.05. The Morgan fingerprint density at radius 2 is 2.15 bits per heavy atom. The molecule has 1 aliphatic carbocycles. The van der Waals surface area contributed by atoms with E-state index in [1.165, 1.54) is 0 Å². The van der Waals surface area contributed by atoms with Crippen LogP contribution in [0.15, 0.2) is 18.2 Å². The zero-order valence-electron chi connectivity index (χ0n) is 11.7. The second-order valence-electron chi connectivity index (χ2n) is 5.38. The molecule has 20 heavy (non-hydrogen) atoms. The van der Waals surface area contributed by atoms with Crippen molar-refractivity contribution in [2.24, 2.45) is 5.92 Å². The lowest BCUT2D eigenvalue weighted by molar-refractivity contribution is 0.0831. The number of rotatable bonds is 8. The van der Waals surface area contributed by atoms with Gasteiger partial charge in [-0.15, -0.1) is 0 Å². The Kier molecular flexibility index (Phi) is 4.94. The number of nitrogens with one attached hydrogen (secondary N) is 1. The molecule has 1 fully saturated rings. The number of halogens is 2. The predicted molar refractivity (Wildman–Crippen MR) is 72.7 cm³/mol. The summed E-state index contributed by atoms with van der Waals surface area (Å²) in [6, 6.07) is 3.13. The number of aliphatic hydroxyl groups excluding tert-OH is 1. The van der Waals surface area contributed by atoms with E-state index in [0.29, 0.717) is 5.92 Å². The summed E-state index contributed by atoms with van der Waals surface area (Å²) < 4.78 is 32.1. The lowest BCUT2D eigenvalue weighted by atomic mass is 9.95.